The minimum absolute atomic E-state index is 0.0816. The molecule has 0 bridgehead atoms. The van der Waals surface area contributed by atoms with Crippen LogP contribution in [0.3, 0.4) is 0 Å². The number of nitrogens with one attached hydrogen (secondary N) is 1. The number of halogens is 1. The van der Waals surface area contributed by atoms with Gasteiger partial charge in [-0.1, -0.05) is 0 Å². The second-order valence-electron chi connectivity index (χ2n) is 5.03. The average molecular weight is 349 g/mol. The van der Waals surface area contributed by atoms with Gasteiger partial charge in [0.05, 0.1) is 28.4 Å². The van der Waals surface area contributed by atoms with E-state index in [2.05, 4.69) is 5.32 Å². The molecule has 6 nitrogen and oxygen atoms in total. The van der Waals surface area contributed by atoms with E-state index in [1.54, 1.807) is 12.1 Å². The van der Waals surface area contributed by atoms with Crippen molar-refractivity contribution in [2.75, 3.05) is 28.4 Å². The van der Waals surface area contributed by atoms with Crippen molar-refractivity contribution in [1.29, 1.82) is 0 Å². The number of carbonyl (C=O) groups excluding carboxylic acids is 1. The molecule has 0 spiro atoms. The van der Waals surface area contributed by atoms with E-state index >= 15 is 0 Å². The molecule has 1 N–H and O–H groups in total. The summed E-state index contributed by atoms with van der Waals surface area (Å²) in [6.45, 7) is 0.177. The van der Waals surface area contributed by atoms with Gasteiger partial charge in [-0.2, -0.15) is 0 Å². The lowest BCUT2D eigenvalue weighted by molar-refractivity contribution is 0.0950. The second kappa shape index (κ2) is 8.23. The summed E-state index contributed by atoms with van der Waals surface area (Å²) in [5.74, 6) is 0.484. The number of benzene rings is 2. The minimum Gasteiger partial charge on any atom is -0.494 e. The van der Waals surface area contributed by atoms with Crippen molar-refractivity contribution in [3.8, 4) is 23.0 Å². The molecule has 7 heteroatoms. The summed E-state index contributed by atoms with van der Waals surface area (Å²) >= 11 is 0. The Morgan fingerprint density at radius 1 is 0.920 bits per heavy atom. The molecule has 2 aromatic rings. The van der Waals surface area contributed by atoms with Crippen LogP contribution in [0.4, 0.5) is 4.39 Å². The van der Waals surface area contributed by atoms with E-state index in [0.717, 1.165) is 6.07 Å². The Kier molecular flexibility index (Phi) is 6.05. The summed E-state index contributed by atoms with van der Waals surface area (Å²) in [6.07, 6.45) is 0. The Bertz CT molecular complexity index is 763. The molecule has 0 aliphatic heterocycles. The molecule has 134 valence electrons. The highest BCUT2D eigenvalue weighted by atomic mass is 19.1. The zero-order chi connectivity index (χ0) is 18.4. The van der Waals surface area contributed by atoms with Gasteiger partial charge in [0.25, 0.3) is 5.91 Å². The Morgan fingerprint density at radius 2 is 1.56 bits per heavy atom. The number of amides is 1. The van der Waals surface area contributed by atoms with Gasteiger partial charge in [0.2, 0.25) is 5.75 Å². The van der Waals surface area contributed by atoms with Gasteiger partial charge < -0.3 is 24.3 Å². The van der Waals surface area contributed by atoms with Crippen LogP contribution in [0, 0.1) is 5.82 Å². The molecule has 1 amide bonds. The van der Waals surface area contributed by atoms with Crippen LogP contribution in [0.5, 0.6) is 23.0 Å². The van der Waals surface area contributed by atoms with Gasteiger partial charge in [-0.25, -0.2) is 4.39 Å². The molecule has 2 rings (SSSR count). The SMILES string of the molecule is COc1ccc(C(=O)NCc2ccc(OC)c(OC)c2OC)cc1F. The zero-order valence-electron chi connectivity index (χ0n) is 14.5. The van der Waals surface area contributed by atoms with Gasteiger partial charge >= 0.3 is 0 Å². The Labute approximate surface area is 145 Å². The molecule has 0 aliphatic rings. The fraction of sp³-hybridized carbons (Fsp3) is 0.278. The summed E-state index contributed by atoms with van der Waals surface area (Å²) in [4.78, 5) is 12.2. The van der Waals surface area contributed by atoms with Crippen molar-refractivity contribution in [2.45, 2.75) is 6.54 Å². The van der Waals surface area contributed by atoms with Crippen LogP contribution in [0.2, 0.25) is 0 Å². The Hall–Kier alpha value is -2.96. The van der Waals surface area contributed by atoms with Crippen LogP contribution < -0.4 is 24.3 Å². The van der Waals surface area contributed by atoms with Crippen LogP contribution in [-0.4, -0.2) is 34.3 Å². The van der Waals surface area contributed by atoms with Gasteiger partial charge in [0.15, 0.2) is 23.1 Å². The van der Waals surface area contributed by atoms with Crippen molar-refractivity contribution >= 4 is 5.91 Å². The van der Waals surface area contributed by atoms with Gasteiger partial charge in [-0.3, -0.25) is 4.79 Å². The molecule has 0 heterocycles. The molecule has 0 atom stereocenters. The molecule has 0 aromatic heterocycles. The molecule has 25 heavy (non-hydrogen) atoms. The van der Waals surface area contributed by atoms with Gasteiger partial charge in [0.1, 0.15) is 0 Å². The Morgan fingerprint density at radius 3 is 2.12 bits per heavy atom. The molecular weight excluding hydrogens is 329 g/mol. The normalized spacial score (nSPS) is 10.1. The first-order valence-electron chi connectivity index (χ1n) is 7.45. The van der Waals surface area contributed by atoms with Crippen LogP contribution in [0.1, 0.15) is 15.9 Å². The highest BCUT2D eigenvalue weighted by Crippen LogP contribution is 2.39. The summed E-state index contributed by atoms with van der Waals surface area (Å²) < 4.78 is 34.4. The van der Waals surface area contributed by atoms with E-state index in [-0.39, 0.29) is 17.9 Å². The third-order valence-corrected chi connectivity index (χ3v) is 3.64. The van der Waals surface area contributed by atoms with E-state index in [4.69, 9.17) is 18.9 Å². The molecule has 0 aliphatic carbocycles. The summed E-state index contributed by atoms with van der Waals surface area (Å²) in [5.41, 5.74) is 0.889. The number of rotatable bonds is 7. The first kappa shape index (κ1) is 18.4. The topological polar surface area (TPSA) is 66.0 Å². The van der Waals surface area contributed by atoms with Crippen molar-refractivity contribution in [1.82, 2.24) is 5.32 Å². The minimum atomic E-state index is -0.598. The lowest BCUT2D eigenvalue weighted by Gasteiger charge is -2.16. The largest absolute Gasteiger partial charge is 0.494 e. The first-order valence-corrected chi connectivity index (χ1v) is 7.45. The quantitative estimate of drug-likeness (QED) is 0.833. The van der Waals surface area contributed by atoms with E-state index < -0.39 is 11.7 Å². The van der Waals surface area contributed by atoms with E-state index in [0.29, 0.717) is 22.8 Å². The summed E-state index contributed by atoms with van der Waals surface area (Å²) in [5, 5.41) is 2.72. The fourth-order valence-electron chi connectivity index (χ4n) is 2.39. The summed E-state index contributed by atoms with van der Waals surface area (Å²) in [6, 6.07) is 7.50. The number of hydrogen-bond acceptors (Lipinski definition) is 5. The highest BCUT2D eigenvalue weighted by molar-refractivity contribution is 5.94. The van der Waals surface area contributed by atoms with Crippen LogP contribution >= 0.6 is 0 Å². The van der Waals surface area contributed by atoms with Gasteiger partial charge in [-0.05, 0) is 30.3 Å². The number of ether oxygens (including phenoxy) is 4. The van der Waals surface area contributed by atoms with Crippen LogP contribution in [-0.2, 0) is 6.54 Å². The maximum atomic E-state index is 13.7. The van der Waals surface area contributed by atoms with E-state index in [1.807, 2.05) is 0 Å². The van der Waals surface area contributed by atoms with Gasteiger partial charge in [-0.15, -0.1) is 0 Å². The third-order valence-electron chi connectivity index (χ3n) is 3.64. The van der Waals surface area contributed by atoms with E-state index in [1.165, 1.54) is 40.6 Å². The second-order valence-corrected chi connectivity index (χ2v) is 5.03. The van der Waals surface area contributed by atoms with Crippen molar-refractivity contribution in [2.24, 2.45) is 0 Å². The number of methoxy groups -OCH3 is 4. The summed E-state index contributed by atoms with van der Waals surface area (Å²) in [7, 11) is 5.89. The van der Waals surface area contributed by atoms with Crippen molar-refractivity contribution < 1.29 is 28.1 Å². The lowest BCUT2D eigenvalue weighted by Crippen LogP contribution is -2.23. The predicted octanol–water partition coefficient (Wildman–Crippen LogP) is 2.79. The first-order chi connectivity index (χ1) is 12.0. The smallest absolute Gasteiger partial charge is 0.251 e. The fourth-order valence-corrected chi connectivity index (χ4v) is 2.39. The molecule has 0 radical (unpaired) electrons. The molecule has 0 saturated carbocycles. The van der Waals surface area contributed by atoms with Crippen LogP contribution in [0.25, 0.3) is 0 Å². The molecule has 0 fully saturated rings. The molecule has 0 unspecified atom stereocenters. The average Bonchev–Trinajstić information content (AvgIpc) is 2.64. The molecule has 0 saturated heterocycles. The molecule has 2 aromatic carbocycles. The van der Waals surface area contributed by atoms with Crippen molar-refractivity contribution in [3.63, 3.8) is 0 Å². The lowest BCUT2D eigenvalue weighted by atomic mass is 10.1. The maximum Gasteiger partial charge on any atom is 0.251 e. The predicted molar refractivity (Wildman–Crippen MR) is 90.2 cm³/mol. The van der Waals surface area contributed by atoms with E-state index in [9.17, 15) is 9.18 Å². The third kappa shape index (κ3) is 3.93. The number of hydrogen-bond donors (Lipinski definition) is 1. The Balaban J connectivity index is 2.18. The van der Waals surface area contributed by atoms with Crippen molar-refractivity contribution in [3.05, 3.63) is 47.3 Å². The monoisotopic (exact) mass is 349 g/mol. The molecular formula is C18H20FNO5. The number of carbonyl (C=O) groups is 1. The van der Waals surface area contributed by atoms with Gasteiger partial charge in [0, 0.05) is 17.7 Å². The highest BCUT2D eigenvalue weighted by Gasteiger charge is 2.17. The zero-order valence-corrected chi connectivity index (χ0v) is 14.5. The maximum absolute atomic E-state index is 13.7. The van der Waals surface area contributed by atoms with Crippen LogP contribution in [0.15, 0.2) is 30.3 Å². The standard InChI is InChI=1S/C18H20FNO5/c1-22-14-7-5-11(9-13(14)19)18(21)20-10-12-6-8-15(23-2)17(25-4)16(12)24-3/h5-9H,10H2,1-4H3,(H,20,21).